The van der Waals surface area contributed by atoms with Gasteiger partial charge in [0.25, 0.3) is 0 Å². The van der Waals surface area contributed by atoms with Crippen LogP contribution >= 0.6 is 0 Å². The second-order valence-corrected chi connectivity index (χ2v) is 17.5. The number of fused-ring (bicyclic) bond motifs is 4. The minimum absolute atomic E-state index is 0. The van der Waals surface area contributed by atoms with Gasteiger partial charge >= 0.3 is 35.5 Å². The maximum absolute atomic E-state index is 11.6. The summed E-state index contributed by atoms with van der Waals surface area (Å²) >= 11 is 0. The van der Waals surface area contributed by atoms with Crippen LogP contribution in [0.4, 0.5) is 22.7 Å². The summed E-state index contributed by atoms with van der Waals surface area (Å²) in [5.74, 6) is 0.491. The zero-order valence-corrected chi connectivity index (χ0v) is 47.6. The number of aliphatic hydroxyl groups is 1. The van der Waals surface area contributed by atoms with Gasteiger partial charge in [0.2, 0.25) is 0 Å². The molecule has 4 aliphatic rings. The SMILES string of the molecule is C.CC(=O)[O-].CCN(CCCC(=O)OC)c1cc(OC)c(-c2c3ccc(=[NH2+])cc-3oc3cc(N)ccc23)cc1C.CCN(CCCC(=O)[O-])c1cc(OC)c(-c2c3ccc(=[NH2+])cc-3oc3cc(N)ccc23)cc1C.CO.[Na+].[OH-]. The number of nitrogen functional groups attached to an aromatic ring is 2. The summed E-state index contributed by atoms with van der Waals surface area (Å²) in [6.45, 7) is 12.2. The molecule has 0 amide bonds. The van der Waals surface area contributed by atoms with Crippen molar-refractivity contribution in [2.45, 2.75) is 67.7 Å². The summed E-state index contributed by atoms with van der Waals surface area (Å²) in [6, 6.07) is 31.0. The molecule has 0 fully saturated rings. The first-order valence-corrected chi connectivity index (χ1v) is 24.4. The Morgan fingerprint density at radius 2 is 1.00 bits per heavy atom. The number of ether oxygens (including phenoxy) is 3. The van der Waals surface area contributed by atoms with E-state index in [4.69, 9.17) is 60.3 Å². The van der Waals surface area contributed by atoms with Crippen molar-refractivity contribution >= 4 is 62.6 Å². The Kier molecular flexibility index (Phi) is 26.4. The molecule has 0 atom stereocenters. The standard InChI is InChI=1S/C28H31N3O4.C27H29N3O4.C2H4O2.CH4O.CH4.Na.H2O/c1-5-31(12-6-7-27(32)34-4)23-16-24(33-3)22(13-17(23)2)28-20-10-8-18(29)14-25(20)35-26-15-19(30)9-11-21(26)28;1-4-30(11-5-6-26(31)32)22-15-23(33-3)21(12-16(22)2)27-19-9-7-17(28)13-24(19)34-25-14-18(29)8-10-20(25)27;1-2(3)4;1-2;;;/h8-11,13-16,29H,5-7,12,30H2,1-4H3;7-10,12-15,28H,4-6,11,29H2,1-3H3,(H,31,32);1H3,(H,3,4);2H,1H3;1H4;;1H2/q;;;;;+1;/p-1. The van der Waals surface area contributed by atoms with Crippen LogP contribution < -0.4 is 92.0 Å². The quantitative estimate of drug-likeness (QED) is 0.0396. The van der Waals surface area contributed by atoms with Crippen LogP contribution in [0.1, 0.15) is 65.0 Å². The van der Waals surface area contributed by atoms with E-state index in [1.54, 1.807) is 14.2 Å². The second kappa shape index (κ2) is 31.0. The Labute approximate surface area is 477 Å². The van der Waals surface area contributed by atoms with Gasteiger partial charge in [0.05, 0.1) is 33.5 Å². The largest absolute Gasteiger partial charge is 1.00 e. The molecule has 0 saturated carbocycles. The molecule has 19 heteroatoms. The fourth-order valence-corrected chi connectivity index (χ4v) is 9.02. The van der Waals surface area contributed by atoms with Crippen molar-refractivity contribution in [3.8, 4) is 56.4 Å². The van der Waals surface area contributed by atoms with E-state index in [2.05, 4.69) is 41.8 Å². The number of carboxylic acid groups (broad SMARTS) is 2. The summed E-state index contributed by atoms with van der Waals surface area (Å²) in [7, 11) is 5.75. The van der Waals surface area contributed by atoms with Gasteiger partial charge in [0, 0.05) is 155 Å². The van der Waals surface area contributed by atoms with E-state index in [0.717, 1.165) is 106 Å². The molecule has 4 aromatic rings. The van der Waals surface area contributed by atoms with Crippen LogP contribution in [0.5, 0.6) is 11.5 Å². The predicted molar refractivity (Wildman–Crippen MR) is 297 cm³/mol. The van der Waals surface area contributed by atoms with Crippen molar-refractivity contribution in [3.63, 3.8) is 0 Å². The van der Waals surface area contributed by atoms with Gasteiger partial charge in [-0.1, -0.05) is 7.43 Å². The van der Waals surface area contributed by atoms with Gasteiger partial charge in [-0.15, -0.1) is 0 Å². The maximum atomic E-state index is 11.6. The molecule has 412 valence electrons. The molecule has 8 rings (SSSR count). The minimum atomic E-state index is -1.08. The van der Waals surface area contributed by atoms with Crippen LogP contribution in [0.15, 0.2) is 106 Å². The molecule has 2 aliphatic carbocycles. The van der Waals surface area contributed by atoms with E-state index >= 15 is 0 Å². The topological polar surface area (TPSA) is 311 Å². The first-order chi connectivity index (χ1) is 35.9. The zero-order chi connectivity index (χ0) is 55.1. The number of esters is 1. The van der Waals surface area contributed by atoms with Crippen molar-refractivity contribution in [2.24, 2.45) is 0 Å². The number of aliphatic carboxylic acids is 2. The van der Waals surface area contributed by atoms with E-state index in [1.165, 1.54) is 7.11 Å². The van der Waals surface area contributed by atoms with Gasteiger partial charge in [0.1, 0.15) is 34.2 Å². The number of carboxylic acids is 2. The third-order valence-corrected chi connectivity index (χ3v) is 12.4. The normalized spacial score (nSPS) is 10.2. The number of anilines is 4. The van der Waals surface area contributed by atoms with Gasteiger partial charge in [-0.2, -0.15) is 0 Å². The first kappa shape index (κ1) is 66.5. The smallest absolute Gasteiger partial charge is 0.870 e. The van der Waals surface area contributed by atoms with Crippen molar-refractivity contribution in [1.29, 1.82) is 0 Å². The monoisotopic (exact) mass is 1080 g/mol. The molecule has 0 saturated heterocycles. The van der Waals surface area contributed by atoms with Crippen LogP contribution in [0.25, 0.3) is 66.8 Å². The number of aliphatic hydroxyl groups excluding tert-OH is 1. The average Bonchev–Trinajstić information content (AvgIpc) is 3.38. The molecule has 0 aromatic heterocycles. The summed E-state index contributed by atoms with van der Waals surface area (Å²) in [5.41, 5.74) is 24.6. The number of carbonyl (C=O) groups is 3. The first-order valence-electron chi connectivity index (χ1n) is 24.4. The molecular weight excluding hydrogens is 1010 g/mol. The van der Waals surface area contributed by atoms with Crippen LogP contribution in [0.2, 0.25) is 0 Å². The Morgan fingerprint density at radius 3 is 1.35 bits per heavy atom. The fourth-order valence-electron chi connectivity index (χ4n) is 9.02. The molecule has 4 aromatic carbocycles. The van der Waals surface area contributed by atoms with Gasteiger partial charge < -0.3 is 74.7 Å². The molecule has 18 nitrogen and oxygen atoms in total. The van der Waals surface area contributed by atoms with Gasteiger partial charge in [-0.25, -0.2) is 0 Å². The van der Waals surface area contributed by atoms with E-state index < -0.39 is 11.9 Å². The third kappa shape index (κ3) is 16.2. The molecule has 0 bridgehead atoms. The number of rotatable bonds is 16. The van der Waals surface area contributed by atoms with E-state index in [0.29, 0.717) is 76.3 Å². The Balaban J connectivity index is 0.000000468. The van der Waals surface area contributed by atoms with Crippen molar-refractivity contribution in [1.82, 2.24) is 0 Å². The third-order valence-electron chi connectivity index (χ3n) is 12.4. The van der Waals surface area contributed by atoms with Gasteiger partial charge in [0.15, 0.2) is 10.7 Å². The van der Waals surface area contributed by atoms with E-state index in [-0.39, 0.29) is 54.9 Å². The number of aryl methyl sites for hydroxylation is 2. The van der Waals surface area contributed by atoms with E-state index in [9.17, 15) is 14.7 Å². The number of carbonyl (C=O) groups excluding carboxylic acids is 3. The maximum Gasteiger partial charge on any atom is 1.00 e. The minimum Gasteiger partial charge on any atom is -0.870 e. The fraction of sp³-hybridized carbons (Fsp3) is 0.305. The molecule has 10 N–H and O–H groups in total. The average molecular weight is 1080 g/mol. The molecule has 78 heavy (non-hydrogen) atoms. The number of hydrogen-bond acceptors (Lipinski definition) is 16. The predicted octanol–water partition coefficient (Wildman–Crippen LogP) is 1.49. The van der Waals surface area contributed by atoms with Crippen molar-refractivity contribution < 1.29 is 98.6 Å². The zero-order valence-electron chi connectivity index (χ0n) is 45.6. The molecule has 0 unspecified atom stereocenters. The van der Waals surface area contributed by atoms with Gasteiger partial charge in [-0.05, 0) is 114 Å². The van der Waals surface area contributed by atoms with Crippen LogP contribution in [0.3, 0.4) is 0 Å². The van der Waals surface area contributed by atoms with Crippen LogP contribution in [0, 0.1) is 13.8 Å². The number of nitrogens with two attached hydrogens (primary N) is 4. The van der Waals surface area contributed by atoms with E-state index in [1.807, 2.05) is 92.7 Å². The summed E-state index contributed by atoms with van der Waals surface area (Å²) in [4.78, 5) is 35.7. The molecule has 0 spiro atoms. The van der Waals surface area contributed by atoms with Crippen molar-refractivity contribution in [2.75, 3.05) is 75.9 Å². The summed E-state index contributed by atoms with van der Waals surface area (Å²) in [5, 5.41) is 41.9. The van der Waals surface area contributed by atoms with Gasteiger partial charge in [-0.3, -0.25) is 15.6 Å². The van der Waals surface area contributed by atoms with Crippen LogP contribution in [-0.2, 0) is 19.1 Å². The Bertz CT molecular complexity index is 3360. The Hall–Kier alpha value is -7.61. The Morgan fingerprint density at radius 1 is 0.615 bits per heavy atom. The van der Waals surface area contributed by atoms with Crippen LogP contribution in [-0.4, -0.2) is 83.1 Å². The van der Waals surface area contributed by atoms with Crippen molar-refractivity contribution in [3.05, 3.63) is 119 Å². The molecule has 0 radical (unpaired) electrons. The summed E-state index contributed by atoms with van der Waals surface area (Å²) in [6.07, 6.45) is 1.64. The summed E-state index contributed by atoms with van der Waals surface area (Å²) < 4.78 is 28.9. The molecule has 2 aliphatic heterocycles. The number of nitrogens with zero attached hydrogens (tertiary/aromatic N) is 2. The molecule has 2 heterocycles. The number of methoxy groups -OCH3 is 3. The second-order valence-electron chi connectivity index (χ2n) is 17.5. The number of benzene rings is 6. The number of hydrogen-bond donors (Lipinski definition) is 5. The molecular formula is C59H73N6NaO12.